The van der Waals surface area contributed by atoms with E-state index in [4.69, 9.17) is 25.0 Å². The molecule has 0 fully saturated rings. The molecule has 4 N–H and O–H groups in total. The van der Waals surface area contributed by atoms with E-state index < -0.39 is 0 Å². The second-order valence-electron chi connectivity index (χ2n) is 9.85. The van der Waals surface area contributed by atoms with Gasteiger partial charge >= 0.3 is 0 Å². The molecule has 3 aromatic heterocycles. The number of benzene rings is 2. The Morgan fingerprint density at radius 3 is 2.63 bits per heavy atom. The van der Waals surface area contributed by atoms with E-state index in [0.29, 0.717) is 35.2 Å². The minimum atomic E-state index is 0.151. The Morgan fingerprint density at radius 1 is 1.10 bits per heavy atom. The maximum Gasteiger partial charge on any atom is 0.225 e. The van der Waals surface area contributed by atoms with Crippen LogP contribution in [0.3, 0.4) is 0 Å². The second-order valence-corrected chi connectivity index (χ2v) is 9.85. The van der Waals surface area contributed by atoms with Crippen molar-refractivity contribution in [3.63, 3.8) is 0 Å². The van der Waals surface area contributed by atoms with Gasteiger partial charge in [-0.3, -0.25) is 4.90 Å². The molecule has 1 unspecified atom stereocenters. The predicted molar refractivity (Wildman–Crippen MR) is 157 cm³/mol. The molecule has 1 atom stereocenters. The third-order valence-corrected chi connectivity index (χ3v) is 7.51. The van der Waals surface area contributed by atoms with Crippen molar-refractivity contribution in [3.05, 3.63) is 83.1 Å². The lowest BCUT2D eigenvalue weighted by Crippen LogP contribution is -2.39. The average Bonchev–Trinajstić information content (AvgIpc) is 3.69. The molecule has 2 aromatic carbocycles. The molecule has 4 heterocycles. The fourth-order valence-corrected chi connectivity index (χ4v) is 5.49. The molecule has 6 rings (SSSR count). The Bertz CT molecular complexity index is 1670. The number of methoxy groups -OCH3 is 2. The van der Waals surface area contributed by atoms with Crippen LogP contribution in [0.15, 0.2) is 65.3 Å². The summed E-state index contributed by atoms with van der Waals surface area (Å²) in [5.41, 5.74) is 11.0. The van der Waals surface area contributed by atoms with Crippen molar-refractivity contribution < 1.29 is 13.9 Å². The molecule has 11 heteroatoms. The number of fused-ring (bicyclic) bond motifs is 2. The molecule has 0 radical (unpaired) electrons. The van der Waals surface area contributed by atoms with Crippen molar-refractivity contribution >= 4 is 23.6 Å². The first kappa shape index (κ1) is 26.3. The summed E-state index contributed by atoms with van der Waals surface area (Å²) in [5.74, 6) is 3.05. The fourth-order valence-electron chi connectivity index (χ4n) is 5.49. The van der Waals surface area contributed by atoms with Crippen LogP contribution < -0.4 is 20.5 Å². The van der Waals surface area contributed by atoms with E-state index in [1.165, 1.54) is 27.4 Å². The van der Waals surface area contributed by atoms with Crippen LogP contribution in [-0.2, 0) is 12.8 Å². The minimum Gasteiger partial charge on any atom is -0.493 e. The summed E-state index contributed by atoms with van der Waals surface area (Å²) in [4.78, 5) is 11.6. The summed E-state index contributed by atoms with van der Waals surface area (Å²) in [7, 11) is 3.34. The van der Waals surface area contributed by atoms with E-state index in [2.05, 4.69) is 61.7 Å². The highest BCUT2D eigenvalue weighted by molar-refractivity contribution is 5.93. The first-order chi connectivity index (χ1) is 20.1. The first-order valence-electron chi connectivity index (χ1n) is 13.5. The van der Waals surface area contributed by atoms with Gasteiger partial charge in [0.05, 0.1) is 26.0 Å². The lowest BCUT2D eigenvalue weighted by atomic mass is 9.88. The zero-order chi connectivity index (χ0) is 28.3. The van der Waals surface area contributed by atoms with Gasteiger partial charge in [0, 0.05) is 31.9 Å². The number of nitrogens with zero attached hydrogens (tertiary/aromatic N) is 5. The number of ether oxygens (including phenoxy) is 2. The van der Waals surface area contributed by atoms with Gasteiger partial charge in [0.1, 0.15) is 5.82 Å². The number of rotatable bonds is 10. The van der Waals surface area contributed by atoms with Crippen LogP contribution in [0.25, 0.3) is 17.2 Å². The Hall–Kier alpha value is -4.90. The van der Waals surface area contributed by atoms with Gasteiger partial charge in [0.25, 0.3) is 0 Å². The van der Waals surface area contributed by atoms with Crippen LogP contribution in [-0.4, -0.2) is 64.6 Å². The van der Waals surface area contributed by atoms with E-state index in [0.717, 1.165) is 37.4 Å². The van der Waals surface area contributed by atoms with Crippen LogP contribution in [0, 0.1) is 5.41 Å². The maximum absolute atomic E-state index is 8.08. The standard InChI is InChI=1S/C30H32N8O3/c1-39-25-16-20-10-12-37(23(21(20)17-26(25)40-2)15-19-7-4-3-5-8-19)13-11-33-27-22(18-31)29-34-28(24-9-6-14-41-24)36-38(29)30(32)35-27/h3-9,14,16-18,23,31,33H,10-13,15H2,1-2H3,(H2,32,35). The highest BCUT2D eigenvalue weighted by atomic mass is 16.5. The summed E-state index contributed by atoms with van der Waals surface area (Å²) in [5, 5.41) is 15.9. The van der Waals surface area contributed by atoms with E-state index in [1.807, 2.05) is 6.07 Å². The van der Waals surface area contributed by atoms with Gasteiger partial charge in [0.2, 0.25) is 11.8 Å². The number of aromatic nitrogens is 4. The van der Waals surface area contributed by atoms with Crippen LogP contribution >= 0.6 is 0 Å². The minimum absolute atomic E-state index is 0.151. The zero-order valence-corrected chi connectivity index (χ0v) is 23.0. The maximum atomic E-state index is 8.08. The van der Waals surface area contributed by atoms with E-state index in [9.17, 15) is 0 Å². The third-order valence-electron chi connectivity index (χ3n) is 7.51. The van der Waals surface area contributed by atoms with Crippen molar-refractivity contribution in [1.29, 1.82) is 5.41 Å². The molecule has 41 heavy (non-hydrogen) atoms. The Labute approximate surface area is 237 Å². The second kappa shape index (κ2) is 11.3. The number of nitrogens with one attached hydrogen (secondary N) is 2. The lowest BCUT2D eigenvalue weighted by Gasteiger charge is -2.38. The number of nitrogen functional groups attached to an aromatic ring is 1. The van der Waals surface area contributed by atoms with E-state index in [-0.39, 0.29) is 12.0 Å². The number of hydrogen-bond donors (Lipinski definition) is 3. The van der Waals surface area contributed by atoms with Crippen molar-refractivity contribution in [2.45, 2.75) is 18.9 Å². The molecular formula is C30H32N8O3. The predicted octanol–water partition coefficient (Wildman–Crippen LogP) is 4.24. The topological polar surface area (TPSA) is 140 Å². The monoisotopic (exact) mass is 552 g/mol. The summed E-state index contributed by atoms with van der Waals surface area (Å²) < 4.78 is 18.1. The quantitative estimate of drug-likeness (QED) is 0.217. The van der Waals surface area contributed by atoms with E-state index >= 15 is 0 Å². The number of hydrogen-bond acceptors (Lipinski definition) is 10. The third kappa shape index (κ3) is 5.07. The fraction of sp³-hybridized carbons (Fsp3) is 0.267. The van der Waals surface area contributed by atoms with Crippen molar-refractivity contribution in [2.24, 2.45) is 0 Å². The largest absolute Gasteiger partial charge is 0.493 e. The van der Waals surface area contributed by atoms with Crippen LogP contribution in [0.5, 0.6) is 11.5 Å². The van der Waals surface area contributed by atoms with Gasteiger partial charge in [0.15, 0.2) is 22.9 Å². The molecule has 210 valence electrons. The number of nitrogens with two attached hydrogens (primary N) is 1. The van der Waals surface area contributed by atoms with Gasteiger partial charge in [-0.15, -0.1) is 5.10 Å². The Morgan fingerprint density at radius 2 is 1.90 bits per heavy atom. The van der Waals surface area contributed by atoms with Crippen molar-refractivity contribution in [1.82, 2.24) is 24.5 Å². The summed E-state index contributed by atoms with van der Waals surface area (Å²) in [6, 6.07) is 18.4. The molecule has 5 aromatic rings. The molecule has 11 nitrogen and oxygen atoms in total. The summed E-state index contributed by atoms with van der Waals surface area (Å²) >= 11 is 0. The van der Waals surface area contributed by atoms with Gasteiger partial charge < -0.3 is 30.4 Å². The number of anilines is 2. The Kier molecular flexibility index (Phi) is 7.26. The highest BCUT2D eigenvalue weighted by Crippen LogP contribution is 2.39. The molecule has 0 saturated heterocycles. The molecule has 1 aliphatic heterocycles. The smallest absolute Gasteiger partial charge is 0.225 e. The van der Waals surface area contributed by atoms with Crippen molar-refractivity contribution in [3.8, 4) is 23.1 Å². The van der Waals surface area contributed by atoms with Crippen LogP contribution in [0.4, 0.5) is 11.8 Å². The molecule has 0 amide bonds. The van der Waals surface area contributed by atoms with Gasteiger partial charge in [-0.05, 0) is 53.8 Å². The average molecular weight is 553 g/mol. The number of furan rings is 1. The lowest BCUT2D eigenvalue weighted by molar-refractivity contribution is 0.190. The first-order valence-corrected chi connectivity index (χ1v) is 13.5. The zero-order valence-electron chi connectivity index (χ0n) is 23.0. The molecule has 0 spiro atoms. The molecule has 0 saturated carbocycles. The van der Waals surface area contributed by atoms with Gasteiger partial charge in [-0.25, -0.2) is 4.98 Å². The van der Waals surface area contributed by atoms with Crippen LogP contribution in [0.2, 0.25) is 0 Å². The Balaban J connectivity index is 1.26. The molecule has 0 aliphatic carbocycles. The molecule has 0 bridgehead atoms. The molecule has 1 aliphatic rings. The summed E-state index contributed by atoms with van der Waals surface area (Å²) in [6.07, 6.45) is 4.55. The van der Waals surface area contributed by atoms with E-state index in [1.54, 1.807) is 32.6 Å². The highest BCUT2D eigenvalue weighted by Gasteiger charge is 2.29. The normalized spacial score (nSPS) is 15.0. The van der Waals surface area contributed by atoms with Gasteiger partial charge in [-0.1, -0.05) is 30.3 Å². The van der Waals surface area contributed by atoms with Crippen molar-refractivity contribution in [2.75, 3.05) is 44.9 Å². The summed E-state index contributed by atoms with van der Waals surface area (Å²) in [6.45, 7) is 2.24. The van der Waals surface area contributed by atoms with Crippen LogP contribution in [0.1, 0.15) is 28.3 Å². The van der Waals surface area contributed by atoms with Gasteiger partial charge in [-0.2, -0.15) is 9.50 Å². The SMILES string of the molecule is COc1cc2c(cc1OC)C(Cc1ccccc1)N(CCNc1nc(N)n3nc(-c4ccco4)nc3c1C=N)CC2. The molecular weight excluding hydrogens is 520 g/mol.